The van der Waals surface area contributed by atoms with Gasteiger partial charge >= 0.3 is 0 Å². The van der Waals surface area contributed by atoms with E-state index in [9.17, 15) is 9.90 Å². The number of nitrogens with zero attached hydrogens (tertiary/aromatic N) is 6. The van der Waals surface area contributed by atoms with Gasteiger partial charge in [-0.3, -0.25) is 4.79 Å². The maximum absolute atomic E-state index is 12.5. The van der Waals surface area contributed by atoms with E-state index in [-0.39, 0.29) is 18.6 Å². The van der Waals surface area contributed by atoms with Gasteiger partial charge in [0.25, 0.3) is 5.78 Å². The lowest BCUT2D eigenvalue weighted by molar-refractivity contribution is -0.155. The quantitative estimate of drug-likeness (QED) is 0.819. The molecule has 3 aliphatic heterocycles. The van der Waals surface area contributed by atoms with Crippen LogP contribution >= 0.6 is 0 Å². The van der Waals surface area contributed by atoms with Gasteiger partial charge in [-0.15, -0.1) is 0 Å². The molecule has 0 aliphatic carbocycles. The molecule has 2 aromatic rings. The maximum atomic E-state index is 12.5. The van der Waals surface area contributed by atoms with Crippen LogP contribution in [0.5, 0.6) is 0 Å². The number of hydrogen-bond acceptors (Lipinski definition) is 6. The van der Waals surface area contributed by atoms with E-state index in [0.717, 1.165) is 51.7 Å². The third-order valence-electron chi connectivity index (χ3n) is 6.89. The van der Waals surface area contributed by atoms with E-state index in [1.165, 1.54) is 11.9 Å². The minimum absolute atomic E-state index is 0.00997. The first kappa shape index (κ1) is 18.0. The largest absolute Gasteiger partial charge is 0.394 e. The number of fused-ring (bicyclic) bond motifs is 5. The molecule has 3 fully saturated rings. The molecule has 2 bridgehead atoms. The number of aromatic nitrogens is 4. The molecule has 2 aromatic heterocycles. The summed E-state index contributed by atoms with van der Waals surface area (Å²) in [5.41, 5.74) is 1.17. The lowest BCUT2D eigenvalue weighted by Crippen LogP contribution is -2.66. The summed E-state index contributed by atoms with van der Waals surface area (Å²) in [6, 6.07) is 0.340. The van der Waals surface area contributed by atoms with Gasteiger partial charge in [-0.05, 0) is 56.0 Å². The molecule has 0 saturated carbocycles. The van der Waals surface area contributed by atoms with Crippen LogP contribution < -0.4 is 0 Å². The lowest BCUT2D eigenvalue weighted by atomic mass is 9.72. The van der Waals surface area contributed by atoms with E-state index in [1.807, 2.05) is 12.4 Å². The Hall–Kier alpha value is -2.06. The highest BCUT2D eigenvalue weighted by Gasteiger charge is 2.48. The number of amides is 1. The third kappa shape index (κ3) is 3.18. The highest BCUT2D eigenvalue weighted by Crippen LogP contribution is 2.41. The number of rotatable bonds is 5. The average molecular weight is 384 g/mol. The fourth-order valence-electron chi connectivity index (χ4n) is 5.68. The van der Waals surface area contributed by atoms with Crippen LogP contribution in [0.15, 0.2) is 18.7 Å². The van der Waals surface area contributed by atoms with Crippen molar-refractivity contribution in [1.29, 1.82) is 0 Å². The predicted octanol–water partition coefficient (Wildman–Crippen LogP) is 0.751. The van der Waals surface area contributed by atoms with Gasteiger partial charge in [-0.1, -0.05) is 0 Å². The summed E-state index contributed by atoms with van der Waals surface area (Å²) in [5, 5.41) is 14.2. The Bertz CT molecular complexity index is 840. The number of carbonyl (C=O) groups is 1. The molecule has 1 amide bonds. The van der Waals surface area contributed by atoms with Gasteiger partial charge in [0.1, 0.15) is 6.33 Å². The second-order valence-electron chi connectivity index (χ2n) is 8.60. The minimum atomic E-state index is 0.00997. The molecular weight excluding hydrogens is 356 g/mol. The second kappa shape index (κ2) is 7.40. The van der Waals surface area contributed by atoms with E-state index < -0.39 is 0 Å². The Morgan fingerprint density at radius 1 is 1.21 bits per heavy atom. The summed E-state index contributed by atoms with van der Waals surface area (Å²) >= 11 is 0. The number of aryl methyl sites for hydroxylation is 1. The molecule has 5 heterocycles. The molecule has 0 aromatic carbocycles. The standard InChI is InChI=1S/C20H28N6O2/c27-12-18-16-7-15(17-4-1-5-19(28)26(17)18)10-24(11-16)6-2-3-14-8-21-20-22-13-23-25(20)9-14/h8-9,13,15-18,27H,1-7,10-12H2/t15-,16+,17+,18+/m1/s1. The topological polar surface area (TPSA) is 86.9 Å². The van der Waals surface area contributed by atoms with E-state index in [1.54, 1.807) is 4.52 Å². The van der Waals surface area contributed by atoms with Crippen molar-refractivity contribution in [3.8, 4) is 0 Å². The van der Waals surface area contributed by atoms with Crippen molar-refractivity contribution >= 4 is 11.7 Å². The molecule has 3 aliphatic rings. The van der Waals surface area contributed by atoms with Crippen molar-refractivity contribution < 1.29 is 9.90 Å². The van der Waals surface area contributed by atoms with Gasteiger partial charge in [-0.25, -0.2) is 9.50 Å². The number of aliphatic hydroxyl groups excluding tert-OH is 1. The van der Waals surface area contributed by atoms with Crippen LogP contribution in [0.2, 0.25) is 0 Å². The molecule has 28 heavy (non-hydrogen) atoms. The van der Waals surface area contributed by atoms with Crippen LogP contribution in [0, 0.1) is 11.8 Å². The van der Waals surface area contributed by atoms with Crippen molar-refractivity contribution in [2.45, 2.75) is 50.6 Å². The Morgan fingerprint density at radius 3 is 3.00 bits per heavy atom. The van der Waals surface area contributed by atoms with Crippen molar-refractivity contribution in [1.82, 2.24) is 29.4 Å². The predicted molar refractivity (Wildman–Crippen MR) is 102 cm³/mol. The van der Waals surface area contributed by atoms with Crippen molar-refractivity contribution in [3.05, 3.63) is 24.3 Å². The van der Waals surface area contributed by atoms with Crippen LogP contribution in [-0.2, 0) is 11.2 Å². The molecule has 0 unspecified atom stereocenters. The first-order chi connectivity index (χ1) is 13.7. The van der Waals surface area contributed by atoms with E-state index >= 15 is 0 Å². The van der Waals surface area contributed by atoms with Crippen molar-refractivity contribution in [2.24, 2.45) is 11.8 Å². The number of aliphatic hydroxyl groups is 1. The molecule has 8 nitrogen and oxygen atoms in total. The number of carbonyl (C=O) groups excluding carboxylic acids is 1. The van der Waals surface area contributed by atoms with E-state index in [0.29, 0.717) is 30.1 Å². The van der Waals surface area contributed by atoms with Crippen molar-refractivity contribution in [3.63, 3.8) is 0 Å². The SMILES string of the molecule is O=C1CCC[C@H]2[C@@H]3C[C@@H](CN(CCCc4cnc5ncnn5c4)C3)[C@H](CO)N12. The molecule has 150 valence electrons. The molecule has 0 radical (unpaired) electrons. The van der Waals surface area contributed by atoms with Gasteiger partial charge in [0.05, 0.1) is 12.6 Å². The van der Waals surface area contributed by atoms with Gasteiger partial charge in [0.15, 0.2) is 0 Å². The molecule has 3 saturated heterocycles. The summed E-state index contributed by atoms with van der Waals surface area (Å²) in [6.45, 7) is 3.19. The molecule has 0 spiro atoms. The Kier molecular flexibility index (Phi) is 4.76. The highest BCUT2D eigenvalue weighted by molar-refractivity contribution is 5.78. The van der Waals surface area contributed by atoms with Crippen LogP contribution in [0.1, 0.15) is 37.7 Å². The zero-order valence-corrected chi connectivity index (χ0v) is 16.2. The van der Waals surface area contributed by atoms with E-state index in [2.05, 4.69) is 24.9 Å². The number of piperidine rings is 3. The number of likely N-dealkylation sites (tertiary alicyclic amines) is 1. The summed E-state index contributed by atoms with van der Waals surface area (Å²) in [4.78, 5) is 25.5. The van der Waals surface area contributed by atoms with Gasteiger partial charge in [0, 0.05) is 37.9 Å². The number of hydrogen-bond donors (Lipinski definition) is 1. The Labute approximate surface area is 164 Å². The van der Waals surface area contributed by atoms with Crippen molar-refractivity contribution in [2.75, 3.05) is 26.2 Å². The average Bonchev–Trinajstić information content (AvgIpc) is 3.17. The molecule has 5 rings (SSSR count). The third-order valence-corrected chi connectivity index (χ3v) is 6.89. The molecule has 4 atom stereocenters. The normalized spacial score (nSPS) is 30.6. The minimum Gasteiger partial charge on any atom is -0.394 e. The van der Waals surface area contributed by atoms with Gasteiger partial charge < -0.3 is 14.9 Å². The van der Waals surface area contributed by atoms with Gasteiger partial charge in [-0.2, -0.15) is 10.1 Å². The summed E-state index contributed by atoms with van der Waals surface area (Å²) in [6.07, 6.45) is 11.4. The summed E-state index contributed by atoms with van der Waals surface area (Å²) in [7, 11) is 0. The Balaban J connectivity index is 1.22. The van der Waals surface area contributed by atoms with Crippen LogP contribution in [-0.4, -0.2) is 78.7 Å². The first-order valence-corrected chi connectivity index (χ1v) is 10.5. The molecule has 1 N–H and O–H groups in total. The summed E-state index contributed by atoms with van der Waals surface area (Å²) in [5.74, 6) is 1.85. The molecular formula is C20H28N6O2. The second-order valence-corrected chi connectivity index (χ2v) is 8.60. The van der Waals surface area contributed by atoms with E-state index in [4.69, 9.17) is 0 Å². The Morgan fingerprint density at radius 2 is 2.11 bits per heavy atom. The zero-order chi connectivity index (χ0) is 19.1. The maximum Gasteiger partial charge on any atom is 0.252 e. The van der Waals surface area contributed by atoms with Crippen LogP contribution in [0.4, 0.5) is 0 Å². The van der Waals surface area contributed by atoms with Crippen LogP contribution in [0.3, 0.4) is 0 Å². The monoisotopic (exact) mass is 384 g/mol. The lowest BCUT2D eigenvalue weighted by Gasteiger charge is -2.56. The summed E-state index contributed by atoms with van der Waals surface area (Å²) < 4.78 is 1.72. The van der Waals surface area contributed by atoms with Crippen LogP contribution in [0.25, 0.3) is 5.78 Å². The van der Waals surface area contributed by atoms with Gasteiger partial charge in [0.2, 0.25) is 5.91 Å². The zero-order valence-electron chi connectivity index (χ0n) is 16.2. The molecule has 8 heteroatoms. The first-order valence-electron chi connectivity index (χ1n) is 10.5. The fourth-order valence-corrected chi connectivity index (χ4v) is 5.68. The smallest absolute Gasteiger partial charge is 0.252 e. The fraction of sp³-hybridized carbons (Fsp3) is 0.700. The highest BCUT2D eigenvalue weighted by atomic mass is 16.3.